The van der Waals surface area contributed by atoms with Gasteiger partial charge in [-0.15, -0.1) is 0 Å². The fourth-order valence-corrected chi connectivity index (χ4v) is 5.72. The van der Waals surface area contributed by atoms with Gasteiger partial charge < -0.3 is 20.3 Å². The zero-order valence-electron chi connectivity index (χ0n) is 21.8. The lowest BCUT2D eigenvalue weighted by molar-refractivity contribution is -0.135. The molecule has 4 rings (SSSR count). The summed E-state index contributed by atoms with van der Waals surface area (Å²) in [7, 11) is 1.54. The third kappa shape index (κ3) is 4.92. The first-order chi connectivity index (χ1) is 17.1. The fourth-order valence-electron chi connectivity index (χ4n) is 5.72. The molecule has 36 heavy (non-hydrogen) atoms. The maximum absolute atomic E-state index is 13.3. The topological polar surface area (TPSA) is 108 Å². The van der Waals surface area contributed by atoms with Crippen LogP contribution in [0.4, 0.5) is 16.2 Å². The second-order valence-electron chi connectivity index (χ2n) is 11.0. The minimum absolute atomic E-state index is 0.0182. The molecule has 9 heteroatoms. The van der Waals surface area contributed by atoms with Crippen LogP contribution in [0, 0.1) is 11.3 Å². The van der Waals surface area contributed by atoms with Crippen LogP contribution in [0.5, 0.6) is 5.75 Å². The molecular formula is C27H38N4O5. The number of anilines is 2. The molecule has 5 amide bonds. The van der Waals surface area contributed by atoms with E-state index in [4.69, 9.17) is 4.74 Å². The first-order valence-electron chi connectivity index (χ1n) is 13.0. The summed E-state index contributed by atoms with van der Waals surface area (Å²) in [5, 5.41) is 5.67. The largest absolute Gasteiger partial charge is 0.495 e. The van der Waals surface area contributed by atoms with Crippen molar-refractivity contribution in [1.29, 1.82) is 0 Å². The highest BCUT2D eigenvalue weighted by molar-refractivity contribution is 6.10. The van der Waals surface area contributed by atoms with E-state index < -0.39 is 17.5 Å². The Morgan fingerprint density at radius 2 is 1.92 bits per heavy atom. The number of amides is 5. The number of carbonyl (C=O) groups excluding carboxylic acids is 4. The van der Waals surface area contributed by atoms with Gasteiger partial charge in [-0.05, 0) is 68.1 Å². The van der Waals surface area contributed by atoms with Crippen molar-refractivity contribution >= 4 is 35.1 Å². The number of imide groups is 1. The molecule has 3 aliphatic rings. The van der Waals surface area contributed by atoms with Crippen LogP contribution >= 0.6 is 0 Å². The Labute approximate surface area is 212 Å². The van der Waals surface area contributed by atoms with Gasteiger partial charge in [0.25, 0.3) is 5.91 Å². The standard InChI is InChI=1S/C27H38N4O5/c1-5-26(2,3)18-11-13-27(14-12-18)24(34)31(25(35)29-27)17-22(32)28-19-9-10-21(36-4)20(16-19)30-15-7-6-8-23(30)33/h9-10,16,18H,5-8,11-15,17H2,1-4H3,(H,28,32)(H,29,35). The number of hydrogen-bond donors (Lipinski definition) is 2. The van der Waals surface area contributed by atoms with Gasteiger partial charge >= 0.3 is 6.03 Å². The SMILES string of the molecule is CCC(C)(C)C1CCC2(CC1)NC(=O)N(CC(=O)Nc1ccc(OC)c(N3CCCCC3=O)c1)C2=O. The molecule has 0 radical (unpaired) electrons. The Balaban J connectivity index is 1.42. The van der Waals surface area contributed by atoms with Gasteiger partial charge in [0.1, 0.15) is 17.8 Å². The van der Waals surface area contributed by atoms with E-state index in [1.54, 1.807) is 23.1 Å². The van der Waals surface area contributed by atoms with Gasteiger partial charge in [-0.3, -0.25) is 19.3 Å². The number of benzene rings is 1. The van der Waals surface area contributed by atoms with Gasteiger partial charge in [-0.1, -0.05) is 27.2 Å². The lowest BCUT2D eigenvalue weighted by Gasteiger charge is -2.42. The van der Waals surface area contributed by atoms with E-state index in [1.165, 1.54) is 7.11 Å². The van der Waals surface area contributed by atoms with Crippen molar-refractivity contribution in [1.82, 2.24) is 10.2 Å². The van der Waals surface area contributed by atoms with Crippen LogP contribution in [0.1, 0.15) is 72.1 Å². The average molecular weight is 499 g/mol. The van der Waals surface area contributed by atoms with Gasteiger partial charge in [0, 0.05) is 18.7 Å². The zero-order chi connectivity index (χ0) is 26.1. The molecule has 1 aromatic carbocycles. The monoisotopic (exact) mass is 498 g/mol. The van der Waals surface area contributed by atoms with Crippen LogP contribution in [-0.2, 0) is 14.4 Å². The Kier molecular flexibility index (Phi) is 7.29. The fraction of sp³-hybridized carbons (Fsp3) is 0.630. The number of carbonyl (C=O) groups is 4. The first-order valence-corrected chi connectivity index (χ1v) is 13.0. The highest BCUT2D eigenvalue weighted by Crippen LogP contribution is 2.45. The number of piperidine rings is 1. The summed E-state index contributed by atoms with van der Waals surface area (Å²) in [5.41, 5.74) is 0.363. The minimum Gasteiger partial charge on any atom is -0.495 e. The van der Waals surface area contributed by atoms with Crippen molar-refractivity contribution in [2.45, 2.75) is 77.7 Å². The van der Waals surface area contributed by atoms with Crippen molar-refractivity contribution in [3.8, 4) is 5.75 Å². The Morgan fingerprint density at radius 3 is 2.56 bits per heavy atom. The van der Waals surface area contributed by atoms with E-state index >= 15 is 0 Å². The predicted molar refractivity (Wildman–Crippen MR) is 137 cm³/mol. The van der Waals surface area contributed by atoms with Crippen LogP contribution in [0.25, 0.3) is 0 Å². The van der Waals surface area contributed by atoms with Crippen molar-refractivity contribution in [3.63, 3.8) is 0 Å². The maximum Gasteiger partial charge on any atom is 0.325 e. The molecule has 0 bridgehead atoms. The smallest absolute Gasteiger partial charge is 0.325 e. The number of rotatable bonds is 7. The second-order valence-corrected chi connectivity index (χ2v) is 11.0. The zero-order valence-corrected chi connectivity index (χ0v) is 21.8. The Bertz CT molecular complexity index is 1040. The Morgan fingerprint density at radius 1 is 1.19 bits per heavy atom. The van der Waals surface area contributed by atoms with E-state index in [2.05, 4.69) is 31.4 Å². The molecule has 2 saturated heterocycles. The molecule has 2 heterocycles. The number of hydrogen-bond acceptors (Lipinski definition) is 5. The van der Waals surface area contributed by atoms with Gasteiger partial charge in [0.2, 0.25) is 11.8 Å². The van der Waals surface area contributed by atoms with Crippen molar-refractivity contribution in [2.24, 2.45) is 11.3 Å². The molecule has 0 unspecified atom stereocenters. The number of nitrogens with one attached hydrogen (secondary N) is 2. The van der Waals surface area contributed by atoms with Gasteiger partial charge in [-0.2, -0.15) is 0 Å². The average Bonchev–Trinajstić information content (AvgIpc) is 3.08. The lowest BCUT2D eigenvalue weighted by atomic mass is 9.65. The minimum atomic E-state index is -0.903. The molecular weight excluding hydrogens is 460 g/mol. The normalized spacial score (nSPS) is 24.8. The molecule has 1 aromatic rings. The van der Waals surface area contributed by atoms with Gasteiger partial charge in [0.15, 0.2) is 0 Å². The number of ether oxygens (including phenoxy) is 1. The highest BCUT2D eigenvalue weighted by Gasteiger charge is 2.53. The molecule has 0 atom stereocenters. The van der Waals surface area contributed by atoms with E-state index in [0.717, 1.165) is 37.0 Å². The molecule has 9 nitrogen and oxygen atoms in total. The number of urea groups is 1. The highest BCUT2D eigenvalue weighted by atomic mass is 16.5. The summed E-state index contributed by atoms with van der Waals surface area (Å²) in [6, 6.07) is 4.56. The van der Waals surface area contributed by atoms with E-state index in [9.17, 15) is 19.2 Å². The van der Waals surface area contributed by atoms with Gasteiger partial charge in [-0.25, -0.2) is 4.79 Å². The summed E-state index contributed by atoms with van der Waals surface area (Å²) in [5.74, 6) is 0.277. The van der Waals surface area contributed by atoms with Crippen molar-refractivity contribution in [2.75, 3.05) is 30.4 Å². The lowest BCUT2D eigenvalue weighted by Crippen LogP contribution is -2.51. The van der Waals surface area contributed by atoms with Crippen LogP contribution in [0.3, 0.4) is 0 Å². The number of nitrogens with zero attached hydrogens (tertiary/aromatic N) is 2. The van der Waals surface area contributed by atoms with E-state index in [-0.39, 0.29) is 23.8 Å². The first kappa shape index (κ1) is 26.0. The molecule has 196 valence electrons. The van der Waals surface area contributed by atoms with Crippen LogP contribution in [0.15, 0.2) is 18.2 Å². The van der Waals surface area contributed by atoms with Crippen LogP contribution < -0.4 is 20.3 Å². The predicted octanol–water partition coefficient (Wildman–Crippen LogP) is 4.07. The van der Waals surface area contributed by atoms with E-state index in [1.807, 2.05) is 0 Å². The molecule has 2 N–H and O–H groups in total. The summed E-state index contributed by atoms with van der Waals surface area (Å²) in [6.45, 7) is 6.93. The van der Waals surface area contributed by atoms with Gasteiger partial charge in [0.05, 0.1) is 12.8 Å². The summed E-state index contributed by atoms with van der Waals surface area (Å²) < 4.78 is 5.43. The molecule has 1 aliphatic carbocycles. The molecule has 1 spiro atoms. The van der Waals surface area contributed by atoms with Crippen molar-refractivity contribution < 1.29 is 23.9 Å². The third-order valence-corrected chi connectivity index (χ3v) is 8.48. The maximum atomic E-state index is 13.3. The summed E-state index contributed by atoms with van der Waals surface area (Å²) >= 11 is 0. The second kappa shape index (κ2) is 10.1. The van der Waals surface area contributed by atoms with Crippen molar-refractivity contribution in [3.05, 3.63) is 18.2 Å². The molecule has 3 fully saturated rings. The Hall–Kier alpha value is -3.10. The molecule has 0 aromatic heterocycles. The van der Waals surface area contributed by atoms with E-state index in [0.29, 0.717) is 48.8 Å². The van der Waals surface area contributed by atoms with Crippen LogP contribution in [0.2, 0.25) is 0 Å². The van der Waals surface area contributed by atoms with Crippen LogP contribution in [-0.4, -0.2) is 54.4 Å². The number of methoxy groups -OCH3 is 1. The summed E-state index contributed by atoms with van der Waals surface area (Å²) in [6.07, 6.45) is 6.23. The summed E-state index contributed by atoms with van der Waals surface area (Å²) in [4.78, 5) is 54.0. The molecule has 1 saturated carbocycles. The molecule has 2 aliphatic heterocycles. The quantitative estimate of drug-likeness (QED) is 0.551. The third-order valence-electron chi connectivity index (χ3n) is 8.48.